The molecule has 3 N–H and O–H groups in total. The molecule has 110 valence electrons. The number of hydrogen-bond acceptors (Lipinski definition) is 3. The van der Waals surface area contributed by atoms with E-state index in [9.17, 15) is 18.0 Å². The van der Waals surface area contributed by atoms with E-state index in [-0.39, 0.29) is 0 Å². The van der Waals surface area contributed by atoms with Crippen molar-refractivity contribution in [3.05, 3.63) is 47.3 Å². The minimum absolute atomic E-state index is 0.301. The third-order valence-electron chi connectivity index (χ3n) is 3.30. The number of imidazole rings is 1. The highest BCUT2D eigenvalue weighted by molar-refractivity contribution is 5.95. The Kier molecular flexibility index (Phi) is 3.38. The minimum Gasteiger partial charge on any atom is -0.347 e. The number of carbonyl (C=O) groups is 1. The summed E-state index contributed by atoms with van der Waals surface area (Å²) in [7, 11) is 0. The van der Waals surface area contributed by atoms with Crippen LogP contribution in [0.15, 0.2) is 18.5 Å². The molecule has 1 amide bonds. The van der Waals surface area contributed by atoms with Gasteiger partial charge in [0.15, 0.2) is 11.6 Å². The molecule has 5 nitrogen and oxygen atoms in total. The van der Waals surface area contributed by atoms with Gasteiger partial charge in [-0.25, -0.2) is 18.2 Å². The van der Waals surface area contributed by atoms with E-state index in [1.807, 2.05) is 0 Å². The first kappa shape index (κ1) is 13.6. The zero-order chi connectivity index (χ0) is 15.0. The molecule has 1 aromatic heterocycles. The molecular weight excluding hydrogens is 285 g/mol. The normalized spacial score (nSPS) is 17.4. The van der Waals surface area contributed by atoms with Crippen molar-refractivity contribution in [3.8, 4) is 0 Å². The van der Waals surface area contributed by atoms with E-state index in [0.29, 0.717) is 25.1 Å². The fourth-order valence-electron chi connectivity index (χ4n) is 2.23. The fraction of sp³-hybridized carbons (Fsp3) is 0.231. The van der Waals surface area contributed by atoms with Crippen molar-refractivity contribution in [2.75, 3.05) is 5.32 Å². The van der Waals surface area contributed by atoms with Crippen LogP contribution in [0.25, 0.3) is 0 Å². The molecule has 0 saturated heterocycles. The lowest BCUT2D eigenvalue weighted by Gasteiger charge is -2.22. The predicted molar refractivity (Wildman–Crippen MR) is 67.9 cm³/mol. The van der Waals surface area contributed by atoms with Crippen molar-refractivity contribution in [2.45, 2.75) is 19.0 Å². The number of anilines is 1. The summed E-state index contributed by atoms with van der Waals surface area (Å²) in [5.41, 5.74) is 0.947. The lowest BCUT2D eigenvalue weighted by Crippen LogP contribution is -2.45. The van der Waals surface area contributed by atoms with E-state index in [1.54, 1.807) is 0 Å². The van der Waals surface area contributed by atoms with E-state index in [0.717, 1.165) is 11.4 Å². The Labute approximate surface area is 117 Å². The van der Waals surface area contributed by atoms with Crippen LogP contribution in [0.4, 0.5) is 18.9 Å². The number of H-pyrrole nitrogens is 1. The Balaban J connectivity index is 1.76. The smallest absolute Gasteiger partial charge is 0.242 e. The van der Waals surface area contributed by atoms with Gasteiger partial charge >= 0.3 is 0 Å². The number of halogens is 3. The predicted octanol–water partition coefficient (Wildman–Crippen LogP) is 1.48. The third-order valence-corrected chi connectivity index (χ3v) is 3.30. The lowest BCUT2D eigenvalue weighted by molar-refractivity contribution is -0.118. The molecule has 0 fully saturated rings. The molecule has 2 heterocycles. The van der Waals surface area contributed by atoms with E-state index >= 15 is 0 Å². The van der Waals surface area contributed by atoms with Gasteiger partial charge in [-0.15, -0.1) is 0 Å². The fourth-order valence-corrected chi connectivity index (χ4v) is 2.23. The number of hydrogen-bond donors (Lipinski definition) is 3. The van der Waals surface area contributed by atoms with Gasteiger partial charge in [0.2, 0.25) is 5.91 Å². The first-order valence-electron chi connectivity index (χ1n) is 6.24. The molecule has 0 aliphatic carbocycles. The molecular formula is C13H11F3N4O. The highest BCUT2D eigenvalue weighted by Crippen LogP contribution is 2.21. The Morgan fingerprint density at radius 2 is 2.00 bits per heavy atom. The Hall–Kier alpha value is -2.35. The van der Waals surface area contributed by atoms with Crippen LogP contribution in [0.2, 0.25) is 0 Å². The molecule has 1 unspecified atom stereocenters. The van der Waals surface area contributed by atoms with Crippen molar-refractivity contribution in [3.63, 3.8) is 0 Å². The van der Waals surface area contributed by atoms with Crippen molar-refractivity contribution in [2.24, 2.45) is 0 Å². The molecule has 0 spiro atoms. The average Bonchev–Trinajstić information content (AvgIpc) is 2.89. The maximum Gasteiger partial charge on any atom is 0.242 e. The lowest BCUT2D eigenvalue weighted by atomic mass is 10.0. The molecule has 1 aromatic carbocycles. The number of nitrogens with one attached hydrogen (secondary N) is 3. The number of fused-ring (bicyclic) bond motifs is 1. The zero-order valence-electron chi connectivity index (χ0n) is 10.7. The maximum atomic E-state index is 13.5. The molecule has 8 heteroatoms. The SMILES string of the molecule is O=C(Nc1c(F)cc(F)cc1F)C1Cc2nc[nH]c2CN1. The largest absolute Gasteiger partial charge is 0.347 e. The summed E-state index contributed by atoms with van der Waals surface area (Å²) < 4.78 is 39.8. The second-order valence-corrected chi connectivity index (χ2v) is 4.70. The number of carbonyl (C=O) groups excluding carboxylic acids is 1. The van der Waals surface area contributed by atoms with Crippen LogP contribution in [0, 0.1) is 17.5 Å². The van der Waals surface area contributed by atoms with Crippen molar-refractivity contribution in [1.29, 1.82) is 0 Å². The third kappa shape index (κ3) is 2.62. The maximum absolute atomic E-state index is 13.5. The van der Waals surface area contributed by atoms with Crippen LogP contribution in [-0.2, 0) is 17.8 Å². The van der Waals surface area contributed by atoms with Gasteiger partial charge in [-0.2, -0.15) is 0 Å². The highest BCUT2D eigenvalue weighted by Gasteiger charge is 2.27. The molecule has 2 aromatic rings. The van der Waals surface area contributed by atoms with Crippen LogP contribution >= 0.6 is 0 Å². The molecule has 0 radical (unpaired) electrons. The van der Waals surface area contributed by atoms with Gasteiger partial charge in [0.25, 0.3) is 0 Å². The minimum atomic E-state index is -1.16. The highest BCUT2D eigenvalue weighted by atomic mass is 19.1. The zero-order valence-corrected chi connectivity index (χ0v) is 10.7. The monoisotopic (exact) mass is 296 g/mol. The Morgan fingerprint density at radius 3 is 2.71 bits per heavy atom. The van der Waals surface area contributed by atoms with E-state index in [1.165, 1.54) is 6.33 Å². The quantitative estimate of drug-likeness (QED) is 0.786. The number of aromatic nitrogens is 2. The van der Waals surface area contributed by atoms with Gasteiger partial charge in [0.05, 0.1) is 23.8 Å². The molecule has 1 aliphatic heterocycles. The van der Waals surface area contributed by atoms with E-state index < -0.39 is 35.1 Å². The summed E-state index contributed by atoms with van der Waals surface area (Å²) >= 11 is 0. The number of benzene rings is 1. The molecule has 21 heavy (non-hydrogen) atoms. The summed E-state index contributed by atoms with van der Waals surface area (Å²) in [6.07, 6.45) is 1.82. The average molecular weight is 296 g/mol. The van der Waals surface area contributed by atoms with Gasteiger partial charge in [0, 0.05) is 25.1 Å². The van der Waals surface area contributed by atoms with Gasteiger partial charge < -0.3 is 10.3 Å². The van der Waals surface area contributed by atoms with Crippen molar-refractivity contribution in [1.82, 2.24) is 15.3 Å². The summed E-state index contributed by atoms with van der Waals surface area (Å²) in [6.45, 7) is 0.405. The van der Waals surface area contributed by atoms with Gasteiger partial charge in [-0.05, 0) is 0 Å². The number of rotatable bonds is 2. The molecule has 1 aliphatic rings. The van der Waals surface area contributed by atoms with Crippen LogP contribution in [0.5, 0.6) is 0 Å². The molecule has 3 rings (SSSR count). The van der Waals surface area contributed by atoms with Crippen molar-refractivity contribution < 1.29 is 18.0 Å². The van der Waals surface area contributed by atoms with E-state index in [2.05, 4.69) is 20.6 Å². The molecule has 0 saturated carbocycles. The summed E-state index contributed by atoms with van der Waals surface area (Å²) in [5.74, 6) is -3.96. The van der Waals surface area contributed by atoms with Crippen molar-refractivity contribution >= 4 is 11.6 Å². The van der Waals surface area contributed by atoms with Gasteiger partial charge in [-0.3, -0.25) is 10.1 Å². The number of aromatic amines is 1. The topological polar surface area (TPSA) is 69.8 Å². The number of nitrogens with zero attached hydrogens (tertiary/aromatic N) is 1. The second kappa shape index (κ2) is 5.21. The molecule has 1 atom stereocenters. The molecule has 0 bridgehead atoms. The summed E-state index contributed by atoms with van der Waals surface area (Å²) in [5, 5.41) is 5.07. The van der Waals surface area contributed by atoms with Crippen LogP contribution < -0.4 is 10.6 Å². The van der Waals surface area contributed by atoms with Gasteiger partial charge in [0.1, 0.15) is 11.5 Å². The number of amides is 1. The van der Waals surface area contributed by atoms with Crippen LogP contribution in [-0.4, -0.2) is 21.9 Å². The van der Waals surface area contributed by atoms with Crippen LogP contribution in [0.1, 0.15) is 11.4 Å². The standard InChI is InChI=1S/C13H11F3N4O/c14-6-1-7(15)12(8(16)2-6)20-13(21)10-3-9-11(4-17-10)19-5-18-9/h1-2,5,10,17H,3-4H2,(H,18,19)(H,20,21). The summed E-state index contributed by atoms with van der Waals surface area (Å²) in [4.78, 5) is 19.0. The summed E-state index contributed by atoms with van der Waals surface area (Å²) in [6, 6.07) is 0.363. The second-order valence-electron chi connectivity index (χ2n) is 4.70. The first-order chi connectivity index (χ1) is 10.0. The van der Waals surface area contributed by atoms with E-state index in [4.69, 9.17) is 0 Å². The van der Waals surface area contributed by atoms with Crippen LogP contribution in [0.3, 0.4) is 0 Å². The first-order valence-corrected chi connectivity index (χ1v) is 6.24. The Morgan fingerprint density at radius 1 is 1.29 bits per heavy atom. The Bertz CT molecular complexity index is 677. The van der Waals surface area contributed by atoms with Gasteiger partial charge in [-0.1, -0.05) is 0 Å².